The number of fused-ring (bicyclic) bond motifs is 1. The fourth-order valence-corrected chi connectivity index (χ4v) is 4.22. The fraction of sp³-hybridized carbons (Fsp3) is 0.250. The van der Waals surface area contributed by atoms with Crippen LogP contribution in [0.3, 0.4) is 0 Å². The Morgan fingerprint density at radius 1 is 0.941 bits per heavy atom. The monoisotopic (exact) mass is 452 g/mol. The molecule has 1 aliphatic heterocycles. The van der Waals surface area contributed by atoms with Crippen molar-refractivity contribution in [2.75, 3.05) is 25.1 Å². The summed E-state index contributed by atoms with van der Waals surface area (Å²) in [5, 5.41) is 7.37. The molecule has 2 aromatic carbocycles. The summed E-state index contributed by atoms with van der Waals surface area (Å²) >= 11 is 0. The zero-order valence-corrected chi connectivity index (χ0v) is 19.0. The molecule has 34 heavy (non-hydrogen) atoms. The van der Waals surface area contributed by atoms with Gasteiger partial charge in [0.1, 0.15) is 11.5 Å². The lowest BCUT2D eigenvalue weighted by Crippen LogP contribution is -2.28. The van der Waals surface area contributed by atoms with E-state index in [0.29, 0.717) is 18.3 Å². The van der Waals surface area contributed by atoms with Crippen LogP contribution in [0, 0.1) is 0 Å². The van der Waals surface area contributed by atoms with Gasteiger partial charge < -0.3 is 15.4 Å². The predicted molar refractivity (Wildman–Crippen MR) is 135 cm³/mol. The van der Waals surface area contributed by atoms with E-state index in [2.05, 4.69) is 57.0 Å². The number of amides is 1. The highest BCUT2D eigenvalue weighted by molar-refractivity contribution is 5.95. The summed E-state index contributed by atoms with van der Waals surface area (Å²) in [6.07, 6.45) is 4.47. The zero-order chi connectivity index (χ0) is 23.2. The van der Waals surface area contributed by atoms with Gasteiger partial charge >= 0.3 is 0 Å². The summed E-state index contributed by atoms with van der Waals surface area (Å²) in [4.78, 5) is 21.8. The van der Waals surface area contributed by atoms with Gasteiger partial charge in [-0.1, -0.05) is 54.6 Å². The van der Waals surface area contributed by atoms with Crippen LogP contribution < -0.4 is 10.6 Å². The molecule has 6 nitrogen and oxygen atoms in total. The van der Waals surface area contributed by atoms with E-state index in [1.54, 1.807) is 12.3 Å². The number of nitrogens with zero attached hydrogens (tertiary/aromatic N) is 2. The van der Waals surface area contributed by atoms with Gasteiger partial charge in [0.2, 0.25) is 0 Å². The minimum absolute atomic E-state index is 0.170. The first-order valence-electron chi connectivity index (χ1n) is 11.8. The van der Waals surface area contributed by atoms with Gasteiger partial charge in [-0.05, 0) is 48.1 Å². The molecule has 0 saturated carbocycles. The average Bonchev–Trinajstić information content (AvgIpc) is 2.89. The van der Waals surface area contributed by atoms with E-state index in [4.69, 9.17) is 4.74 Å². The minimum atomic E-state index is -0.170. The lowest BCUT2D eigenvalue weighted by Gasteiger charge is -2.23. The lowest BCUT2D eigenvalue weighted by atomic mass is 10.0. The molecule has 6 heteroatoms. The molecule has 2 N–H and O–H groups in total. The van der Waals surface area contributed by atoms with E-state index in [0.717, 1.165) is 49.2 Å². The number of carbonyl (C=O) groups is 1. The molecule has 0 bridgehead atoms. The highest BCUT2D eigenvalue weighted by Crippen LogP contribution is 2.21. The molecule has 0 spiro atoms. The standard InChI is InChI=1S/C28H28N4O2/c33-28(29-14-11-20-5-4-8-22(17-20)21-6-2-1-3-7-21)25-10-9-23-19-30-27(18-26(23)32-25)31-24-12-15-34-16-13-24/h1-10,17-19,24H,11-16H2,(H,29,33)(H,30,31). The van der Waals surface area contributed by atoms with Crippen molar-refractivity contribution in [2.45, 2.75) is 25.3 Å². The molecular weight excluding hydrogens is 424 g/mol. The van der Waals surface area contributed by atoms with E-state index in [1.165, 1.54) is 16.7 Å². The Morgan fingerprint density at radius 2 is 1.76 bits per heavy atom. The van der Waals surface area contributed by atoms with Crippen molar-refractivity contribution < 1.29 is 9.53 Å². The average molecular weight is 453 g/mol. The van der Waals surface area contributed by atoms with Crippen LogP contribution in [-0.4, -0.2) is 41.7 Å². The third kappa shape index (κ3) is 5.41. The van der Waals surface area contributed by atoms with Crippen LogP contribution in [0.25, 0.3) is 22.0 Å². The van der Waals surface area contributed by atoms with Crippen LogP contribution in [0.5, 0.6) is 0 Å². The number of benzene rings is 2. The first-order chi connectivity index (χ1) is 16.7. The van der Waals surface area contributed by atoms with Crippen LogP contribution in [0.1, 0.15) is 28.9 Å². The summed E-state index contributed by atoms with van der Waals surface area (Å²) in [7, 11) is 0. The number of pyridine rings is 2. The third-order valence-corrected chi connectivity index (χ3v) is 6.11. The van der Waals surface area contributed by atoms with Gasteiger partial charge in [0.15, 0.2) is 0 Å². The fourth-order valence-electron chi connectivity index (χ4n) is 4.22. The third-order valence-electron chi connectivity index (χ3n) is 6.11. The molecule has 0 unspecified atom stereocenters. The first-order valence-corrected chi connectivity index (χ1v) is 11.8. The normalized spacial score (nSPS) is 14.1. The number of hydrogen-bond acceptors (Lipinski definition) is 5. The second-order valence-corrected chi connectivity index (χ2v) is 8.56. The van der Waals surface area contributed by atoms with Crippen LogP contribution in [0.4, 0.5) is 5.82 Å². The van der Waals surface area contributed by atoms with Gasteiger partial charge in [-0.2, -0.15) is 0 Å². The molecule has 0 atom stereocenters. The van der Waals surface area contributed by atoms with E-state index in [9.17, 15) is 4.79 Å². The molecule has 0 aliphatic carbocycles. The maximum atomic E-state index is 12.8. The highest BCUT2D eigenvalue weighted by atomic mass is 16.5. The molecule has 4 aromatic rings. The summed E-state index contributed by atoms with van der Waals surface area (Å²) < 4.78 is 5.42. The number of rotatable bonds is 7. The van der Waals surface area contributed by atoms with Crippen molar-refractivity contribution in [2.24, 2.45) is 0 Å². The van der Waals surface area contributed by atoms with E-state index < -0.39 is 0 Å². The molecule has 0 radical (unpaired) electrons. The molecule has 1 amide bonds. The second-order valence-electron chi connectivity index (χ2n) is 8.56. The Kier molecular flexibility index (Phi) is 6.77. The van der Waals surface area contributed by atoms with Crippen LogP contribution in [0.15, 0.2) is 79.0 Å². The Morgan fingerprint density at radius 3 is 2.62 bits per heavy atom. The van der Waals surface area contributed by atoms with E-state index >= 15 is 0 Å². The van der Waals surface area contributed by atoms with Crippen LogP contribution in [0.2, 0.25) is 0 Å². The van der Waals surface area contributed by atoms with Crippen molar-refractivity contribution >= 4 is 22.6 Å². The van der Waals surface area contributed by atoms with E-state index in [1.807, 2.05) is 30.3 Å². The number of carbonyl (C=O) groups excluding carboxylic acids is 1. The molecule has 172 valence electrons. The topological polar surface area (TPSA) is 76.1 Å². The molecule has 3 heterocycles. The van der Waals surface area contributed by atoms with Crippen molar-refractivity contribution in [3.8, 4) is 11.1 Å². The number of nitrogens with one attached hydrogen (secondary N) is 2. The highest BCUT2D eigenvalue weighted by Gasteiger charge is 2.14. The smallest absolute Gasteiger partial charge is 0.269 e. The predicted octanol–water partition coefficient (Wildman–Crippen LogP) is 4.86. The lowest BCUT2D eigenvalue weighted by molar-refractivity contribution is 0.0903. The molecule has 5 rings (SSSR count). The van der Waals surface area contributed by atoms with Gasteiger partial charge in [0.05, 0.1) is 5.52 Å². The number of hydrogen-bond donors (Lipinski definition) is 2. The number of ether oxygens (including phenoxy) is 1. The quantitative estimate of drug-likeness (QED) is 0.419. The van der Waals surface area contributed by atoms with Crippen molar-refractivity contribution in [3.63, 3.8) is 0 Å². The van der Waals surface area contributed by atoms with Crippen LogP contribution >= 0.6 is 0 Å². The SMILES string of the molecule is O=C(NCCc1cccc(-c2ccccc2)c1)c1ccc2cnc(NC3CCOCC3)cc2n1. The maximum absolute atomic E-state index is 12.8. The summed E-state index contributed by atoms with van der Waals surface area (Å²) in [6.45, 7) is 2.08. The molecule has 1 saturated heterocycles. The first kappa shape index (κ1) is 22.0. The molecule has 2 aromatic heterocycles. The van der Waals surface area contributed by atoms with Crippen molar-refractivity contribution in [3.05, 3.63) is 90.3 Å². The summed E-state index contributed by atoms with van der Waals surface area (Å²) in [5.41, 5.74) is 4.72. The summed E-state index contributed by atoms with van der Waals surface area (Å²) in [5.74, 6) is 0.611. The van der Waals surface area contributed by atoms with E-state index in [-0.39, 0.29) is 5.91 Å². The van der Waals surface area contributed by atoms with Gasteiger partial charge in [-0.3, -0.25) is 4.79 Å². The molecular formula is C28H28N4O2. The maximum Gasteiger partial charge on any atom is 0.269 e. The minimum Gasteiger partial charge on any atom is -0.381 e. The van der Waals surface area contributed by atoms with Crippen molar-refractivity contribution in [1.82, 2.24) is 15.3 Å². The van der Waals surface area contributed by atoms with Gasteiger partial charge in [0, 0.05) is 43.4 Å². The largest absolute Gasteiger partial charge is 0.381 e. The van der Waals surface area contributed by atoms with Crippen LogP contribution in [-0.2, 0) is 11.2 Å². The second kappa shape index (κ2) is 10.4. The summed E-state index contributed by atoms with van der Waals surface area (Å²) in [6, 6.07) is 24.7. The zero-order valence-electron chi connectivity index (χ0n) is 19.0. The Hall–Kier alpha value is -3.77. The van der Waals surface area contributed by atoms with Gasteiger partial charge in [0.25, 0.3) is 5.91 Å². The van der Waals surface area contributed by atoms with Gasteiger partial charge in [-0.15, -0.1) is 0 Å². The Bertz CT molecular complexity index is 1270. The van der Waals surface area contributed by atoms with Gasteiger partial charge in [-0.25, -0.2) is 9.97 Å². The number of aromatic nitrogens is 2. The Balaban J connectivity index is 1.21. The number of anilines is 1. The molecule has 1 fully saturated rings. The Labute approximate surface area is 199 Å². The van der Waals surface area contributed by atoms with Crippen molar-refractivity contribution in [1.29, 1.82) is 0 Å². The molecule has 1 aliphatic rings.